The molecule has 1 saturated carbocycles. The average Bonchev–Trinajstić information content (AvgIpc) is 2.14. The molecule has 1 nitrogen and oxygen atoms in total. The van der Waals surface area contributed by atoms with Gasteiger partial charge in [-0.05, 0) is 36.0 Å². The number of rotatable bonds is 3. The number of aliphatic hydroxyl groups is 1. The highest BCUT2D eigenvalue weighted by atomic mass is 16.3. The second-order valence-electron chi connectivity index (χ2n) is 5.98. The van der Waals surface area contributed by atoms with Gasteiger partial charge >= 0.3 is 0 Å². The van der Waals surface area contributed by atoms with E-state index in [2.05, 4.69) is 39.8 Å². The Kier molecular flexibility index (Phi) is 4.39. The van der Waals surface area contributed by atoms with E-state index in [1.54, 1.807) is 0 Å². The molecule has 0 amide bonds. The Morgan fingerprint density at radius 2 is 2.07 bits per heavy atom. The molecule has 1 aliphatic rings. The van der Waals surface area contributed by atoms with Crippen molar-refractivity contribution in [1.82, 2.24) is 0 Å². The largest absolute Gasteiger partial charge is 0.396 e. The third kappa shape index (κ3) is 3.34. The minimum atomic E-state index is 0.344. The van der Waals surface area contributed by atoms with Crippen molar-refractivity contribution in [3.8, 4) is 0 Å². The summed E-state index contributed by atoms with van der Waals surface area (Å²) in [6.45, 7) is 9.44. The Hall–Kier alpha value is -0.300. The van der Waals surface area contributed by atoms with Gasteiger partial charge in [-0.2, -0.15) is 0 Å². The molecule has 0 aromatic carbocycles. The first-order valence-corrected chi connectivity index (χ1v) is 6.26. The summed E-state index contributed by atoms with van der Waals surface area (Å²) in [6.07, 6.45) is 8.39. The van der Waals surface area contributed by atoms with E-state index in [1.807, 2.05) is 0 Å². The normalized spacial score (nSPS) is 31.3. The Bertz CT molecular complexity index is 215. The van der Waals surface area contributed by atoms with Crippen LogP contribution in [0.5, 0.6) is 0 Å². The third-order valence-corrected chi connectivity index (χ3v) is 3.74. The molecule has 15 heavy (non-hydrogen) atoms. The smallest absolute Gasteiger partial charge is 0.0465 e. The van der Waals surface area contributed by atoms with Crippen LogP contribution in [-0.4, -0.2) is 11.7 Å². The minimum Gasteiger partial charge on any atom is -0.396 e. The summed E-state index contributed by atoms with van der Waals surface area (Å²) in [5.41, 5.74) is 0.358. The van der Waals surface area contributed by atoms with Gasteiger partial charge in [-0.15, -0.1) is 0 Å². The summed E-state index contributed by atoms with van der Waals surface area (Å²) >= 11 is 0. The molecule has 0 bridgehead atoms. The second kappa shape index (κ2) is 5.16. The zero-order valence-electron chi connectivity index (χ0n) is 10.7. The topological polar surface area (TPSA) is 20.2 Å². The first-order chi connectivity index (χ1) is 6.97. The predicted octanol–water partition coefficient (Wildman–Crippen LogP) is 3.63. The van der Waals surface area contributed by atoms with Gasteiger partial charge in [0.15, 0.2) is 0 Å². The average molecular weight is 210 g/mol. The van der Waals surface area contributed by atoms with Crippen LogP contribution in [0.15, 0.2) is 12.2 Å². The lowest BCUT2D eigenvalue weighted by atomic mass is 9.63. The summed E-state index contributed by atoms with van der Waals surface area (Å²) in [4.78, 5) is 0. The molecule has 2 unspecified atom stereocenters. The summed E-state index contributed by atoms with van der Waals surface area (Å²) in [5.74, 6) is 1.64. The van der Waals surface area contributed by atoms with Gasteiger partial charge in [0.1, 0.15) is 0 Å². The fourth-order valence-corrected chi connectivity index (χ4v) is 2.77. The predicted molar refractivity (Wildman–Crippen MR) is 65.7 cm³/mol. The molecule has 0 radical (unpaired) electrons. The van der Waals surface area contributed by atoms with Gasteiger partial charge in [-0.3, -0.25) is 0 Å². The van der Waals surface area contributed by atoms with Crippen molar-refractivity contribution in [3.63, 3.8) is 0 Å². The van der Waals surface area contributed by atoms with E-state index >= 15 is 0 Å². The van der Waals surface area contributed by atoms with Crippen LogP contribution >= 0.6 is 0 Å². The van der Waals surface area contributed by atoms with E-state index in [1.165, 1.54) is 19.3 Å². The highest BCUT2D eigenvalue weighted by molar-refractivity contribution is 5.01. The van der Waals surface area contributed by atoms with E-state index in [9.17, 15) is 5.11 Å². The Balaban J connectivity index is 2.76. The van der Waals surface area contributed by atoms with Crippen molar-refractivity contribution in [2.24, 2.45) is 23.2 Å². The summed E-state index contributed by atoms with van der Waals surface area (Å²) in [5, 5.41) is 9.43. The number of allylic oxidation sites excluding steroid dienone is 2. The van der Waals surface area contributed by atoms with Crippen LogP contribution in [0, 0.1) is 23.2 Å². The van der Waals surface area contributed by atoms with Crippen LogP contribution < -0.4 is 0 Å². The van der Waals surface area contributed by atoms with Crippen LogP contribution in [0.25, 0.3) is 0 Å². The summed E-state index contributed by atoms with van der Waals surface area (Å²) < 4.78 is 0. The molecular weight excluding hydrogens is 184 g/mol. The van der Waals surface area contributed by atoms with E-state index in [4.69, 9.17) is 0 Å². The van der Waals surface area contributed by atoms with Gasteiger partial charge in [-0.25, -0.2) is 0 Å². The van der Waals surface area contributed by atoms with Gasteiger partial charge in [0.05, 0.1) is 0 Å². The molecule has 0 aromatic rings. The molecule has 1 rings (SSSR count). The molecule has 0 spiro atoms. The van der Waals surface area contributed by atoms with E-state index in [0.29, 0.717) is 29.8 Å². The maximum Gasteiger partial charge on any atom is 0.0465 e. The first-order valence-electron chi connectivity index (χ1n) is 6.26. The first kappa shape index (κ1) is 12.8. The Morgan fingerprint density at radius 1 is 1.40 bits per heavy atom. The lowest BCUT2D eigenvalue weighted by Gasteiger charge is -2.42. The summed E-state index contributed by atoms with van der Waals surface area (Å²) in [7, 11) is 0. The lowest BCUT2D eigenvalue weighted by molar-refractivity contribution is 0.0673. The SMILES string of the molecule is CC(C)/C=C/C1C(CO)CCCC1(C)C. The maximum atomic E-state index is 9.43. The Morgan fingerprint density at radius 3 is 2.60 bits per heavy atom. The van der Waals surface area contributed by atoms with Crippen LogP contribution in [-0.2, 0) is 0 Å². The molecule has 1 aliphatic carbocycles. The standard InChI is InChI=1S/C14H26O/c1-11(2)7-8-13-12(10-15)6-5-9-14(13,3)4/h7-8,11-13,15H,5-6,9-10H2,1-4H3/b8-7+. The van der Waals surface area contributed by atoms with E-state index in [0.717, 1.165) is 0 Å². The van der Waals surface area contributed by atoms with Crippen molar-refractivity contribution in [2.75, 3.05) is 6.61 Å². The molecule has 0 aliphatic heterocycles. The van der Waals surface area contributed by atoms with Gasteiger partial charge in [0.2, 0.25) is 0 Å². The fourth-order valence-electron chi connectivity index (χ4n) is 2.77. The monoisotopic (exact) mass is 210 g/mol. The van der Waals surface area contributed by atoms with Gasteiger partial charge in [0.25, 0.3) is 0 Å². The van der Waals surface area contributed by atoms with Crippen molar-refractivity contribution in [3.05, 3.63) is 12.2 Å². The number of aliphatic hydroxyl groups excluding tert-OH is 1. The molecule has 88 valence electrons. The quantitative estimate of drug-likeness (QED) is 0.705. The lowest BCUT2D eigenvalue weighted by Crippen LogP contribution is -2.35. The summed E-state index contributed by atoms with van der Waals surface area (Å²) in [6, 6.07) is 0. The fraction of sp³-hybridized carbons (Fsp3) is 0.857. The molecular formula is C14H26O. The van der Waals surface area contributed by atoms with Crippen molar-refractivity contribution in [1.29, 1.82) is 0 Å². The molecule has 0 aromatic heterocycles. The van der Waals surface area contributed by atoms with E-state index < -0.39 is 0 Å². The van der Waals surface area contributed by atoms with Crippen LogP contribution in [0.1, 0.15) is 47.0 Å². The van der Waals surface area contributed by atoms with E-state index in [-0.39, 0.29) is 0 Å². The highest BCUT2D eigenvalue weighted by Gasteiger charge is 2.36. The molecule has 2 atom stereocenters. The zero-order valence-corrected chi connectivity index (χ0v) is 10.7. The third-order valence-electron chi connectivity index (χ3n) is 3.74. The number of hydrogen-bond acceptors (Lipinski definition) is 1. The van der Waals surface area contributed by atoms with Crippen molar-refractivity contribution >= 4 is 0 Å². The molecule has 0 saturated heterocycles. The molecule has 1 N–H and O–H groups in total. The van der Waals surface area contributed by atoms with Crippen LogP contribution in [0.4, 0.5) is 0 Å². The maximum absolute atomic E-state index is 9.43. The van der Waals surface area contributed by atoms with Crippen LogP contribution in [0.2, 0.25) is 0 Å². The van der Waals surface area contributed by atoms with Gasteiger partial charge in [0, 0.05) is 6.61 Å². The molecule has 0 heterocycles. The zero-order chi connectivity index (χ0) is 11.5. The number of hydrogen-bond donors (Lipinski definition) is 1. The molecule has 1 fully saturated rings. The Labute approximate surface area is 94.6 Å². The van der Waals surface area contributed by atoms with Crippen molar-refractivity contribution < 1.29 is 5.11 Å². The minimum absolute atomic E-state index is 0.344. The van der Waals surface area contributed by atoms with Crippen molar-refractivity contribution in [2.45, 2.75) is 47.0 Å². The second-order valence-corrected chi connectivity index (χ2v) is 5.98. The van der Waals surface area contributed by atoms with Gasteiger partial charge in [-0.1, -0.05) is 46.3 Å². The molecule has 1 heteroatoms. The highest BCUT2D eigenvalue weighted by Crippen LogP contribution is 2.44. The van der Waals surface area contributed by atoms with Crippen LogP contribution in [0.3, 0.4) is 0 Å². The van der Waals surface area contributed by atoms with Gasteiger partial charge < -0.3 is 5.11 Å².